The van der Waals surface area contributed by atoms with Crippen molar-refractivity contribution in [1.82, 2.24) is 0 Å². The van der Waals surface area contributed by atoms with E-state index < -0.39 is 0 Å². The van der Waals surface area contributed by atoms with E-state index >= 15 is 0 Å². The summed E-state index contributed by atoms with van der Waals surface area (Å²) in [6.45, 7) is 4.28. The van der Waals surface area contributed by atoms with Crippen molar-refractivity contribution in [2.75, 3.05) is 0 Å². The first kappa shape index (κ1) is 10.9. The molecule has 1 aliphatic heterocycles. The third-order valence-corrected chi connectivity index (χ3v) is 4.66. The van der Waals surface area contributed by atoms with Crippen LogP contribution >= 0.6 is 11.8 Å². The minimum Gasteiger partial charge on any atom is -0.143 e. The van der Waals surface area contributed by atoms with Crippen LogP contribution in [0.15, 0.2) is 48.5 Å². The molecule has 1 aliphatic rings. The molecule has 1 saturated heterocycles. The Morgan fingerprint density at radius 2 is 1.00 bits per heavy atom. The zero-order valence-corrected chi connectivity index (χ0v) is 11.0. The highest BCUT2D eigenvalue weighted by Crippen LogP contribution is 2.65. The van der Waals surface area contributed by atoms with E-state index in [1.54, 1.807) is 0 Å². The summed E-state index contributed by atoms with van der Waals surface area (Å²) in [7, 11) is 0. The summed E-state index contributed by atoms with van der Waals surface area (Å²) < 4.78 is 0. The van der Waals surface area contributed by atoms with Gasteiger partial charge in [-0.05, 0) is 25.0 Å². The molecular weight excluding hydrogens is 224 g/mol. The van der Waals surface area contributed by atoms with Gasteiger partial charge in [0.15, 0.2) is 0 Å². The van der Waals surface area contributed by atoms with E-state index in [1.807, 2.05) is 0 Å². The Morgan fingerprint density at radius 3 is 1.35 bits per heavy atom. The van der Waals surface area contributed by atoms with Crippen LogP contribution in [0.1, 0.15) is 32.8 Å². The molecular formula is C16H16S. The lowest BCUT2D eigenvalue weighted by atomic mass is 10.0. The lowest BCUT2D eigenvalue weighted by Crippen LogP contribution is -1.85. The maximum absolute atomic E-state index is 2.27. The lowest BCUT2D eigenvalue weighted by Gasteiger charge is -2.01. The van der Waals surface area contributed by atoms with Crippen LogP contribution in [0, 0.1) is 13.8 Å². The highest BCUT2D eigenvalue weighted by atomic mass is 32.2. The Bertz CT molecular complexity index is 461. The van der Waals surface area contributed by atoms with Crippen LogP contribution in [-0.2, 0) is 0 Å². The predicted molar refractivity (Wildman–Crippen MR) is 75.4 cm³/mol. The van der Waals surface area contributed by atoms with Gasteiger partial charge in [-0.3, -0.25) is 0 Å². The normalized spacial score (nSPS) is 22.5. The fraction of sp³-hybridized carbons (Fsp3) is 0.250. The molecule has 1 fully saturated rings. The van der Waals surface area contributed by atoms with E-state index in [2.05, 4.69) is 74.1 Å². The number of rotatable bonds is 2. The second-order valence-corrected chi connectivity index (χ2v) is 6.09. The smallest absolute Gasteiger partial charge is 0.0463 e. The fourth-order valence-corrected chi connectivity index (χ4v) is 3.30. The molecule has 0 aliphatic carbocycles. The van der Waals surface area contributed by atoms with Crippen molar-refractivity contribution < 1.29 is 0 Å². The lowest BCUT2D eigenvalue weighted by molar-refractivity contribution is 1.02. The average Bonchev–Trinajstić information content (AvgIpc) is 3.11. The van der Waals surface area contributed by atoms with Crippen LogP contribution in [0.2, 0.25) is 0 Å². The maximum atomic E-state index is 2.27. The summed E-state index contributed by atoms with van der Waals surface area (Å²) in [5.74, 6) is 0. The molecule has 0 unspecified atom stereocenters. The van der Waals surface area contributed by atoms with E-state index in [4.69, 9.17) is 0 Å². The summed E-state index contributed by atoms with van der Waals surface area (Å²) in [6, 6.07) is 17.9. The van der Waals surface area contributed by atoms with Gasteiger partial charge in [0, 0.05) is 10.5 Å². The molecule has 0 N–H and O–H groups in total. The molecule has 17 heavy (non-hydrogen) atoms. The molecule has 1 heteroatoms. The zero-order chi connectivity index (χ0) is 11.8. The predicted octanol–water partition coefficient (Wildman–Crippen LogP) is 4.83. The van der Waals surface area contributed by atoms with Gasteiger partial charge >= 0.3 is 0 Å². The van der Waals surface area contributed by atoms with Crippen LogP contribution in [0.4, 0.5) is 0 Å². The van der Waals surface area contributed by atoms with Crippen molar-refractivity contribution in [2.24, 2.45) is 0 Å². The highest BCUT2D eigenvalue weighted by molar-refractivity contribution is 8.06. The van der Waals surface area contributed by atoms with Gasteiger partial charge in [0.05, 0.1) is 0 Å². The molecule has 2 aromatic rings. The number of hydrogen-bond acceptors (Lipinski definition) is 1. The van der Waals surface area contributed by atoms with Gasteiger partial charge in [-0.15, -0.1) is 11.8 Å². The van der Waals surface area contributed by atoms with Gasteiger partial charge in [0.25, 0.3) is 0 Å². The maximum Gasteiger partial charge on any atom is 0.0463 e. The van der Waals surface area contributed by atoms with E-state index in [-0.39, 0.29) is 0 Å². The molecule has 0 radical (unpaired) electrons. The summed E-state index contributed by atoms with van der Waals surface area (Å²) >= 11 is 2.05. The van der Waals surface area contributed by atoms with Crippen molar-refractivity contribution in [2.45, 2.75) is 24.3 Å². The minimum atomic E-state index is 0.665. The second-order valence-electron chi connectivity index (χ2n) is 4.80. The first-order valence-electron chi connectivity index (χ1n) is 6.02. The molecule has 1 heterocycles. The third-order valence-electron chi connectivity index (χ3n) is 3.30. The Hall–Kier alpha value is -1.21. The summed E-state index contributed by atoms with van der Waals surface area (Å²) in [6.07, 6.45) is 0. The molecule has 0 amide bonds. The van der Waals surface area contributed by atoms with Crippen LogP contribution in [0.3, 0.4) is 0 Å². The van der Waals surface area contributed by atoms with E-state index in [9.17, 15) is 0 Å². The topological polar surface area (TPSA) is 0 Å². The van der Waals surface area contributed by atoms with Gasteiger partial charge in [0.1, 0.15) is 0 Å². The van der Waals surface area contributed by atoms with Gasteiger partial charge < -0.3 is 0 Å². The van der Waals surface area contributed by atoms with Gasteiger partial charge in [-0.2, -0.15) is 0 Å². The van der Waals surface area contributed by atoms with Gasteiger partial charge in [0.2, 0.25) is 0 Å². The van der Waals surface area contributed by atoms with E-state index in [0.717, 1.165) is 0 Å². The summed E-state index contributed by atoms with van der Waals surface area (Å²) in [4.78, 5) is 0. The quantitative estimate of drug-likeness (QED) is 0.677. The standard InChI is InChI=1S/C16H16S/c1-11-3-7-13(8-4-11)15-16(17-15)14-9-5-12(2)6-10-14/h3-10,15-16H,1-2H3/t15-,16+. The molecule has 3 rings (SSSR count). The molecule has 0 aromatic heterocycles. The van der Waals surface area contributed by atoms with Crippen molar-refractivity contribution in [3.05, 3.63) is 70.8 Å². The number of thioether (sulfide) groups is 1. The van der Waals surface area contributed by atoms with Crippen LogP contribution in [0.5, 0.6) is 0 Å². The zero-order valence-electron chi connectivity index (χ0n) is 10.2. The number of benzene rings is 2. The minimum absolute atomic E-state index is 0.665. The van der Waals surface area contributed by atoms with Gasteiger partial charge in [-0.1, -0.05) is 59.7 Å². The molecule has 0 saturated carbocycles. The van der Waals surface area contributed by atoms with Crippen molar-refractivity contribution in [3.63, 3.8) is 0 Å². The Kier molecular flexibility index (Phi) is 2.71. The molecule has 0 nitrogen and oxygen atoms in total. The molecule has 0 spiro atoms. The molecule has 2 atom stereocenters. The van der Waals surface area contributed by atoms with Crippen molar-refractivity contribution in [1.29, 1.82) is 0 Å². The third kappa shape index (κ3) is 2.25. The van der Waals surface area contributed by atoms with Crippen LogP contribution in [-0.4, -0.2) is 0 Å². The SMILES string of the molecule is Cc1ccc([C@H]2S[C@H]2c2ccc(C)cc2)cc1. The molecule has 2 aromatic carbocycles. The van der Waals surface area contributed by atoms with Crippen molar-refractivity contribution in [3.8, 4) is 0 Å². The Labute approximate surface area is 107 Å². The van der Waals surface area contributed by atoms with E-state index in [0.29, 0.717) is 10.5 Å². The van der Waals surface area contributed by atoms with E-state index in [1.165, 1.54) is 22.3 Å². The first-order chi connectivity index (χ1) is 8.24. The largest absolute Gasteiger partial charge is 0.143 e. The fourth-order valence-electron chi connectivity index (χ4n) is 2.13. The van der Waals surface area contributed by atoms with Crippen LogP contribution in [0.25, 0.3) is 0 Å². The number of aryl methyl sites for hydroxylation is 2. The Balaban J connectivity index is 1.78. The molecule has 86 valence electrons. The average molecular weight is 240 g/mol. The summed E-state index contributed by atoms with van der Waals surface area (Å²) in [5, 5.41) is 1.33. The highest BCUT2D eigenvalue weighted by Gasteiger charge is 2.40. The van der Waals surface area contributed by atoms with Crippen molar-refractivity contribution >= 4 is 11.8 Å². The van der Waals surface area contributed by atoms with Crippen LogP contribution < -0.4 is 0 Å². The second kappa shape index (κ2) is 4.23. The Morgan fingerprint density at radius 1 is 0.647 bits per heavy atom. The first-order valence-corrected chi connectivity index (χ1v) is 6.97. The summed E-state index contributed by atoms with van der Waals surface area (Å²) in [5.41, 5.74) is 5.61. The monoisotopic (exact) mass is 240 g/mol. The van der Waals surface area contributed by atoms with Gasteiger partial charge in [-0.25, -0.2) is 0 Å². The molecule has 0 bridgehead atoms. The number of hydrogen-bond donors (Lipinski definition) is 0.